The van der Waals surface area contributed by atoms with Gasteiger partial charge in [-0.3, -0.25) is 0 Å². The van der Waals surface area contributed by atoms with Crippen molar-refractivity contribution in [3.05, 3.63) is 65.7 Å². The molecule has 1 N–H and O–H groups in total. The number of carbonyl (C=O) groups excluding carboxylic acids is 1. The Labute approximate surface area is 132 Å². The van der Waals surface area contributed by atoms with E-state index in [1.54, 1.807) is 12.1 Å². The van der Waals surface area contributed by atoms with E-state index in [0.29, 0.717) is 17.9 Å². The van der Waals surface area contributed by atoms with Crippen LogP contribution in [0, 0.1) is 0 Å². The van der Waals surface area contributed by atoms with Crippen molar-refractivity contribution in [1.29, 1.82) is 0 Å². The fraction of sp³-hybridized carbons (Fsp3) is 0.235. The molecule has 1 amide bonds. The van der Waals surface area contributed by atoms with Gasteiger partial charge in [0.2, 0.25) is 0 Å². The Kier molecular flexibility index (Phi) is 4.14. The van der Waals surface area contributed by atoms with Gasteiger partial charge in [0.25, 0.3) is 0 Å². The molecule has 1 heterocycles. The average Bonchev–Trinajstić information content (AvgIpc) is 2.57. The number of amides is 1. The van der Waals surface area contributed by atoms with Crippen molar-refractivity contribution in [2.75, 3.05) is 6.61 Å². The predicted octanol–water partition coefficient (Wildman–Crippen LogP) is 3.68. The molecular formula is C17H15F2NO3. The molecule has 0 bridgehead atoms. The van der Waals surface area contributed by atoms with E-state index >= 15 is 0 Å². The molecule has 1 fully saturated rings. The van der Waals surface area contributed by atoms with Gasteiger partial charge < -0.3 is 14.8 Å². The normalized spacial score (nSPS) is 19.6. The Morgan fingerprint density at radius 1 is 1.13 bits per heavy atom. The highest BCUT2D eigenvalue weighted by Gasteiger charge is 2.46. The van der Waals surface area contributed by atoms with Gasteiger partial charge in [-0.25, -0.2) is 13.6 Å². The summed E-state index contributed by atoms with van der Waals surface area (Å²) >= 11 is 0. The van der Waals surface area contributed by atoms with Crippen LogP contribution < -0.4 is 10.1 Å². The Morgan fingerprint density at radius 3 is 2.52 bits per heavy atom. The highest BCUT2D eigenvalue weighted by atomic mass is 19.3. The van der Waals surface area contributed by atoms with Crippen molar-refractivity contribution in [2.45, 2.75) is 18.6 Å². The van der Waals surface area contributed by atoms with Crippen LogP contribution in [0.4, 0.5) is 13.6 Å². The highest BCUT2D eigenvalue weighted by Crippen LogP contribution is 2.35. The number of benzene rings is 2. The lowest BCUT2D eigenvalue weighted by Crippen LogP contribution is -2.49. The van der Waals surface area contributed by atoms with Crippen molar-refractivity contribution < 1.29 is 23.0 Å². The van der Waals surface area contributed by atoms with Gasteiger partial charge in [0, 0.05) is 0 Å². The third kappa shape index (κ3) is 3.59. The second-order valence-corrected chi connectivity index (χ2v) is 5.26. The first-order chi connectivity index (χ1) is 11.0. The number of alkyl carbamates (subject to hydrolysis) is 1. The minimum absolute atomic E-state index is 0.304. The molecule has 0 unspecified atom stereocenters. The standard InChI is InChI=1S/C17H15F2NO3/c18-17(19)11-23-16(21)20-15(17)13-6-8-14(9-7-13)22-10-12-4-2-1-3-5-12/h1-9,15H,10-11H2,(H,20,21)/t15-/m1/s1. The number of carbonyl (C=O) groups is 1. The van der Waals surface area contributed by atoms with Gasteiger partial charge in [-0.2, -0.15) is 0 Å². The van der Waals surface area contributed by atoms with Crippen molar-refractivity contribution in [3.63, 3.8) is 0 Å². The number of cyclic esters (lactones) is 1. The summed E-state index contributed by atoms with van der Waals surface area (Å²) in [7, 11) is 0. The maximum absolute atomic E-state index is 13.8. The lowest BCUT2D eigenvalue weighted by atomic mass is 10.00. The average molecular weight is 319 g/mol. The maximum atomic E-state index is 13.8. The summed E-state index contributed by atoms with van der Waals surface area (Å²) in [6.45, 7) is -0.528. The summed E-state index contributed by atoms with van der Waals surface area (Å²) in [6, 6.07) is 14.5. The third-order valence-electron chi connectivity index (χ3n) is 3.54. The van der Waals surface area contributed by atoms with Crippen molar-refractivity contribution in [1.82, 2.24) is 5.32 Å². The lowest BCUT2D eigenvalue weighted by molar-refractivity contribution is -0.104. The van der Waals surface area contributed by atoms with Crippen LogP contribution in [-0.4, -0.2) is 18.6 Å². The first-order valence-corrected chi connectivity index (χ1v) is 7.12. The summed E-state index contributed by atoms with van der Waals surface area (Å²) in [6.07, 6.45) is -0.842. The predicted molar refractivity (Wildman–Crippen MR) is 79.4 cm³/mol. The van der Waals surface area contributed by atoms with Gasteiger partial charge in [-0.1, -0.05) is 42.5 Å². The number of halogens is 2. The first kappa shape index (κ1) is 15.3. The molecule has 120 valence electrons. The van der Waals surface area contributed by atoms with E-state index in [2.05, 4.69) is 10.1 Å². The minimum Gasteiger partial charge on any atom is -0.489 e. The summed E-state index contributed by atoms with van der Waals surface area (Å²) in [4.78, 5) is 11.2. The van der Waals surface area contributed by atoms with Crippen LogP contribution in [0.5, 0.6) is 5.75 Å². The Morgan fingerprint density at radius 2 is 1.83 bits per heavy atom. The summed E-state index contributed by atoms with van der Waals surface area (Å²) in [5.74, 6) is -2.58. The molecule has 0 aliphatic carbocycles. The van der Waals surface area contributed by atoms with E-state index in [1.165, 1.54) is 12.1 Å². The Hall–Kier alpha value is -2.63. The van der Waals surface area contributed by atoms with Crippen LogP contribution in [0.1, 0.15) is 17.2 Å². The molecule has 4 nitrogen and oxygen atoms in total. The largest absolute Gasteiger partial charge is 0.489 e. The van der Waals surface area contributed by atoms with E-state index in [1.807, 2.05) is 30.3 Å². The van der Waals surface area contributed by atoms with Crippen LogP contribution in [0.3, 0.4) is 0 Å². The van der Waals surface area contributed by atoms with Gasteiger partial charge >= 0.3 is 12.0 Å². The van der Waals surface area contributed by atoms with Gasteiger partial charge in [-0.05, 0) is 23.3 Å². The molecule has 0 aromatic heterocycles. The number of rotatable bonds is 4. The number of hydrogen-bond acceptors (Lipinski definition) is 3. The van der Waals surface area contributed by atoms with E-state index in [9.17, 15) is 13.6 Å². The van der Waals surface area contributed by atoms with Gasteiger partial charge in [0.1, 0.15) is 18.4 Å². The highest BCUT2D eigenvalue weighted by molar-refractivity contribution is 5.69. The zero-order valence-corrected chi connectivity index (χ0v) is 12.2. The molecule has 1 atom stereocenters. The van der Waals surface area contributed by atoms with E-state index < -0.39 is 24.7 Å². The monoisotopic (exact) mass is 319 g/mol. The molecule has 1 aliphatic rings. The first-order valence-electron chi connectivity index (χ1n) is 7.12. The van der Waals surface area contributed by atoms with Crippen LogP contribution in [0.15, 0.2) is 54.6 Å². The molecule has 0 saturated carbocycles. The Bertz CT molecular complexity index is 674. The topological polar surface area (TPSA) is 47.6 Å². The zero-order valence-electron chi connectivity index (χ0n) is 12.2. The second kappa shape index (κ2) is 6.24. The second-order valence-electron chi connectivity index (χ2n) is 5.26. The summed E-state index contributed by atoms with van der Waals surface area (Å²) in [5, 5.41) is 2.15. The molecule has 23 heavy (non-hydrogen) atoms. The molecule has 2 aromatic rings. The molecular weight excluding hydrogens is 304 g/mol. The molecule has 2 aromatic carbocycles. The van der Waals surface area contributed by atoms with Gasteiger partial charge in [0.05, 0.1) is 0 Å². The maximum Gasteiger partial charge on any atom is 0.408 e. The van der Waals surface area contributed by atoms with Gasteiger partial charge in [-0.15, -0.1) is 0 Å². The molecule has 1 saturated heterocycles. The lowest BCUT2D eigenvalue weighted by Gasteiger charge is -2.31. The van der Waals surface area contributed by atoms with E-state index in [-0.39, 0.29) is 0 Å². The fourth-order valence-electron chi connectivity index (χ4n) is 2.33. The number of hydrogen-bond donors (Lipinski definition) is 1. The van der Waals surface area contributed by atoms with Crippen molar-refractivity contribution in [2.24, 2.45) is 0 Å². The molecule has 3 rings (SSSR count). The Balaban J connectivity index is 1.68. The quantitative estimate of drug-likeness (QED) is 0.935. The SMILES string of the molecule is O=C1N[C@H](c2ccc(OCc3ccccc3)cc2)C(F)(F)CO1. The van der Waals surface area contributed by atoms with E-state index in [4.69, 9.17) is 4.74 Å². The van der Waals surface area contributed by atoms with Crippen molar-refractivity contribution in [3.8, 4) is 5.75 Å². The molecule has 1 aliphatic heterocycles. The molecule has 0 radical (unpaired) electrons. The number of alkyl halides is 2. The smallest absolute Gasteiger partial charge is 0.408 e. The number of ether oxygens (including phenoxy) is 2. The van der Waals surface area contributed by atoms with Crippen molar-refractivity contribution >= 4 is 6.09 Å². The molecule has 0 spiro atoms. The minimum atomic E-state index is -3.15. The van der Waals surface area contributed by atoms with Crippen LogP contribution >= 0.6 is 0 Å². The molecule has 6 heteroatoms. The summed E-state index contributed by atoms with van der Waals surface area (Å²) in [5.41, 5.74) is 1.32. The van der Waals surface area contributed by atoms with Crippen LogP contribution in [-0.2, 0) is 11.3 Å². The fourth-order valence-corrected chi connectivity index (χ4v) is 2.33. The van der Waals surface area contributed by atoms with E-state index in [0.717, 1.165) is 5.56 Å². The van der Waals surface area contributed by atoms with Gasteiger partial charge in [0.15, 0.2) is 6.61 Å². The van der Waals surface area contributed by atoms with Crippen LogP contribution in [0.25, 0.3) is 0 Å². The third-order valence-corrected chi connectivity index (χ3v) is 3.54. The summed E-state index contributed by atoms with van der Waals surface area (Å²) < 4.78 is 37.6. The number of nitrogens with one attached hydrogen (secondary N) is 1. The van der Waals surface area contributed by atoms with Crippen LogP contribution in [0.2, 0.25) is 0 Å². The zero-order chi connectivity index (χ0) is 16.3.